The second-order valence-corrected chi connectivity index (χ2v) is 4.04. The van der Waals surface area contributed by atoms with Crippen molar-refractivity contribution >= 4 is 40.9 Å². The average molecular weight is 277 g/mol. The molecule has 0 bridgehead atoms. The molecule has 92 valence electrons. The molecule has 1 aromatic carbocycles. The molecule has 0 unspecified atom stereocenters. The molecule has 0 saturated carbocycles. The minimum Gasteiger partial charge on any atom is -0.480 e. The lowest BCUT2D eigenvalue weighted by molar-refractivity contribution is -0.135. The van der Waals surface area contributed by atoms with E-state index in [1.807, 2.05) is 0 Å². The number of carbonyl (C=O) groups is 2. The second-order valence-electron chi connectivity index (χ2n) is 3.25. The fraction of sp³-hybridized carbons (Fsp3) is 0.200. The standard InChI is InChI=1S/C10H10Cl2N2O3/c1-5-2-3-6(11)9(8(5)12)14-10(17)13-4-7(15)16/h2-3H,4H2,1H3,(H,15,16)(H2,13,14,17). The van der Waals surface area contributed by atoms with E-state index in [1.165, 1.54) is 0 Å². The van der Waals surface area contributed by atoms with Gasteiger partial charge >= 0.3 is 12.0 Å². The van der Waals surface area contributed by atoms with Gasteiger partial charge < -0.3 is 15.7 Å². The SMILES string of the molecule is Cc1ccc(Cl)c(NC(=O)NCC(=O)O)c1Cl. The lowest BCUT2D eigenvalue weighted by Crippen LogP contribution is -2.33. The van der Waals surface area contributed by atoms with Crippen LogP contribution in [0.2, 0.25) is 10.0 Å². The molecule has 2 amide bonds. The Morgan fingerprint density at radius 2 is 2.00 bits per heavy atom. The summed E-state index contributed by atoms with van der Waals surface area (Å²) in [6.45, 7) is 1.28. The molecule has 1 rings (SSSR count). The zero-order valence-electron chi connectivity index (χ0n) is 8.88. The first-order valence-corrected chi connectivity index (χ1v) is 5.38. The summed E-state index contributed by atoms with van der Waals surface area (Å²) in [5.41, 5.74) is 1.01. The Morgan fingerprint density at radius 1 is 1.35 bits per heavy atom. The molecule has 0 spiro atoms. The van der Waals surface area contributed by atoms with Crippen molar-refractivity contribution in [1.82, 2.24) is 5.32 Å². The Balaban J connectivity index is 2.78. The van der Waals surface area contributed by atoms with Crippen LogP contribution in [0.15, 0.2) is 12.1 Å². The molecule has 7 heteroatoms. The number of benzene rings is 1. The molecule has 0 atom stereocenters. The van der Waals surface area contributed by atoms with Crippen molar-refractivity contribution in [2.45, 2.75) is 6.92 Å². The smallest absolute Gasteiger partial charge is 0.323 e. The van der Waals surface area contributed by atoms with Crippen LogP contribution in [0.25, 0.3) is 0 Å². The van der Waals surface area contributed by atoms with E-state index in [-0.39, 0.29) is 10.7 Å². The number of amides is 2. The molecule has 0 fully saturated rings. The summed E-state index contributed by atoms with van der Waals surface area (Å²) < 4.78 is 0. The summed E-state index contributed by atoms with van der Waals surface area (Å²) >= 11 is 11.8. The maximum Gasteiger partial charge on any atom is 0.323 e. The summed E-state index contributed by atoms with van der Waals surface area (Å²) in [5.74, 6) is -1.14. The van der Waals surface area contributed by atoms with Crippen molar-refractivity contribution in [1.29, 1.82) is 0 Å². The largest absolute Gasteiger partial charge is 0.480 e. The van der Waals surface area contributed by atoms with E-state index in [2.05, 4.69) is 10.6 Å². The van der Waals surface area contributed by atoms with Crippen molar-refractivity contribution in [2.75, 3.05) is 11.9 Å². The molecule has 0 aromatic heterocycles. The molecule has 0 saturated heterocycles. The van der Waals surface area contributed by atoms with E-state index in [4.69, 9.17) is 28.3 Å². The number of carboxylic acid groups (broad SMARTS) is 1. The molecule has 0 aliphatic heterocycles. The topological polar surface area (TPSA) is 78.4 Å². The predicted octanol–water partition coefficient (Wildman–Crippen LogP) is 2.51. The highest BCUT2D eigenvalue weighted by Gasteiger charge is 2.11. The molecule has 0 radical (unpaired) electrons. The molecule has 5 nitrogen and oxygen atoms in total. The van der Waals surface area contributed by atoms with E-state index in [9.17, 15) is 9.59 Å². The highest BCUT2D eigenvalue weighted by atomic mass is 35.5. The van der Waals surface area contributed by atoms with E-state index >= 15 is 0 Å². The van der Waals surface area contributed by atoms with Gasteiger partial charge in [0.1, 0.15) is 6.54 Å². The predicted molar refractivity (Wildman–Crippen MR) is 65.9 cm³/mol. The van der Waals surface area contributed by atoms with Crippen LogP contribution >= 0.6 is 23.2 Å². The third-order valence-corrected chi connectivity index (χ3v) is 2.72. The van der Waals surface area contributed by atoms with Crippen molar-refractivity contribution in [3.8, 4) is 0 Å². The van der Waals surface area contributed by atoms with Crippen molar-refractivity contribution < 1.29 is 14.7 Å². The van der Waals surface area contributed by atoms with Crippen molar-refractivity contribution in [2.24, 2.45) is 0 Å². The zero-order chi connectivity index (χ0) is 13.0. The van der Waals surface area contributed by atoms with Gasteiger partial charge in [-0.15, -0.1) is 0 Å². The fourth-order valence-corrected chi connectivity index (χ4v) is 1.55. The number of halogens is 2. The van der Waals surface area contributed by atoms with Crippen LogP contribution in [0.5, 0.6) is 0 Å². The van der Waals surface area contributed by atoms with Crippen LogP contribution < -0.4 is 10.6 Å². The molecule has 0 heterocycles. The molecule has 3 N–H and O–H groups in total. The van der Waals surface area contributed by atoms with Crippen LogP contribution in [-0.2, 0) is 4.79 Å². The Bertz CT molecular complexity index is 463. The van der Waals surface area contributed by atoms with Gasteiger partial charge in [0.15, 0.2) is 0 Å². The number of hydrogen-bond donors (Lipinski definition) is 3. The Hall–Kier alpha value is -1.46. The fourth-order valence-electron chi connectivity index (χ4n) is 1.08. The number of carbonyl (C=O) groups excluding carboxylic acids is 1. The Morgan fingerprint density at radius 3 is 2.59 bits per heavy atom. The second kappa shape index (κ2) is 5.75. The summed E-state index contributed by atoms with van der Waals surface area (Å²) in [7, 11) is 0. The van der Waals surface area contributed by atoms with E-state index in [0.29, 0.717) is 5.02 Å². The minimum absolute atomic E-state index is 0.260. The van der Waals surface area contributed by atoms with Gasteiger partial charge in [0.25, 0.3) is 0 Å². The number of nitrogens with one attached hydrogen (secondary N) is 2. The third-order valence-electron chi connectivity index (χ3n) is 1.92. The Kier molecular flexibility index (Phi) is 4.60. The highest BCUT2D eigenvalue weighted by Crippen LogP contribution is 2.32. The van der Waals surface area contributed by atoms with Crippen LogP contribution in [0, 0.1) is 6.92 Å². The third kappa shape index (κ3) is 3.80. The van der Waals surface area contributed by atoms with Crippen molar-refractivity contribution in [3.63, 3.8) is 0 Å². The number of carboxylic acids is 1. The average Bonchev–Trinajstić information content (AvgIpc) is 2.27. The summed E-state index contributed by atoms with van der Waals surface area (Å²) in [6, 6.07) is 2.63. The van der Waals surface area contributed by atoms with E-state index in [1.54, 1.807) is 19.1 Å². The first-order chi connectivity index (χ1) is 7.91. The first kappa shape index (κ1) is 13.6. The van der Waals surface area contributed by atoms with E-state index < -0.39 is 18.5 Å². The van der Waals surface area contributed by atoms with Crippen molar-refractivity contribution in [3.05, 3.63) is 27.7 Å². The quantitative estimate of drug-likeness (QED) is 0.794. The summed E-state index contributed by atoms with van der Waals surface area (Å²) in [6.07, 6.45) is 0. The monoisotopic (exact) mass is 276 g/mol. The lowest BCUT2D eigenvalue weighted by Gasteiger charge is -2.11. The van der Waals surface area contributed by atoms with Gasteiger partial charge in [0, 0.05) is 0 Å². The first-order valence-electron chi connectivity index (χ1n) is 4.63. The normalized spacial score (nSPS) is 9.82. The van der Waals surface area contributed by atoms with E-state index in [0.717, 1.165) is 5.56 Å². The molecule has 0 aliphatic carbocycles. The molecular weight excluding hydrogens is 267 g/mol. The summed E-state index contributed by atoms with van der Waals surface area (Å²) in [5, 5.41) is 13.5. The molecule has 17 heavy (non-hydrogen) atoms. The number of aryl methyl sites for hydroxylation is 1. The van der Waals surface area contributed by atoms with Gasteiger partial charge in [-0.3, -0.25) is 4.79 Å². The summed E-state index contributed by atoms with van der Waals surface area (Å²) in [4.78, 5) is 21.6. The molecule has 0 aliphatic rings. The number of hydrogen-bond acceptors (Lipinski definition) is 2. The van der Waals surface area contributed by atoms with Gasteiger partial charge in [-0.05, 0) is 18.6 Å². The van der Waals surface area contributed by atoms with Gasteiger partial charge in [0.2, 0.25) is 0 Å². The van der Waals surface area contributed by atoms with Gasteiger partial charge in [-0.2, -0.15) is 0 Å². The van der Waals surface area contributed by atoms with Crippen LogP contribution in [0.4, 0.5) is 10.5 Å². The zero-order valence-corrected chi connectivity index (χ0v) is 10.4. The minimum atomic E-state index is -1.14. The number of anilines is 1. The number of aliphatic carboxylic acids is 1. The van der Waals surface area contributed by atoms with Crippen LogP contribution in [0.3, 0.4) is 0 Å². The highest BCUT2D eigenvalue weighted by molar-refractivity contribution is 6.40. The maximum atomic E-state index is 11.3. The van der Waals surface area contributed by atoms with Crippen LogP contribution in [-0.4, -0.2) is 23.7 Å². The number of rotatable bonds is 3. The van der Waals surface area contributed by atoms with Gasteiger partial charge in [-0.1, -0.05) is 29.3 Å². The molecular formula is C10H10Cl2N2O3. The maximum absolute atomic E-state index is 11.3. The molecule has 1 aromatic rings. The number of urea groups is 1. The van der Waals surface area contributed by atoms with Crippen LogP contribution in [0.1, 0.15) is 5.56 Å². The van der Waals surface area contributed by atoms with Gasteiger partial charge in [0.05, 0.1) is 15.7 Å². The van der Waals surface area contributed by atoms with Gasteiger partial charge in [-0.25, -0.2) is 4.79 Å². The Labute approximate surface area is 108 Å². The lowest BCUT2D eigenvalue weighted by atomic mass is 10.2.